The highest BCUT2D eigenvalue weighted by Gasteiger charge is 2.14. The highest BCUT2D eigenvalue weighted by Crippen LogP contribution is 2.31. The molecule has 100 valence electrons. The highest BCUT2D eigenvalue weighted by atomic mass is 79.9. The Hall–Kier alpha value is -1.04. The van der Waals surface area contributed by atoms with Gasteiger partial charge in [0.05, 0.1) is 9.37 Å². The zero-order valence-corrected chi connectivity index (χ0v) is 13.1. The van der Waals surface area contributed by atoms with Gasteiger partial charge in [0.1, 0.15) is 11.5 Å². The Kier molecular flexibility index (Phi) is 4.18. The van der Waals surface area contributed by atoms with Crippen molar-refractivity contribution in [3.63, 3.8) is 0 Å². The first-order valence-electron chi connectivity index (χ1n) is 5.35. The van der Waals surface area contributed by atoms with Crippen LogP contribution in [0.3, 0.4) is 0 Å². The minimum absolute atomic E-state index is 0.0913. The van der Waals surface area contributed by atoms with Crippen LogP contribution in [-0.4, -0.2) is 8.42 Å². The molecular weight excluding hydrogens is 352 g/mol. The fourth-order valence-electron chi connectivity index (χ4n) is 1.61. The van der Waals surface area contributed by atoms with Gasteiger partial charge in [0.15, 0.2) is 0 Å². The first kappa shape index (κ1) is 14.4. The zero-order chi connectivity index (χ0) is 14.0. The predicted octanol–water partition coefficient (Wildman–Crippen LogP) is 4.48. The van der Waals surface area contributed by atoms with E-state index in [1.54, 1.807) is 19.1 Å². The van der Waals surface area contributed by atoms with E-state index in [1.165, 1.54) is 6.07 Å². The molecule has 0 atom stereocenters. The molecule has 0 spiro atoms. The SMILES string of the molecule is Cc1cc(Oc2ccccc2Br)ccc1S(=O)(=O)Cl. The van der Waals surface area contributed by atoms with Gasteiger partial charge in [-0.3, -0.25) is 0 Å². The number of hydrogen-bond acceptors (Lipinski definition) is 3. The van der Waals surface area contributed by atoms with Crippen molar-refractivity contribution in [2.24, 2.45) is 0 Å². The molecule has 0 radical (unpaired) electrons. The summed E-state index contributed by atoms with van der Waals surface area (Å²) in [6, 6.07) is 12.0. The lowest BCUT2D eigenvalue weighted by atomic mass is 10.2. The molecule has 6 heteroatoms. The monoisotopic (exact) mass is 360 g/mol. The third-order valence-corrected chi connectivity index (χ3v) is 4.61. The first-order valence-corrected chi connectivity index (χ1v) is 8.46. The van der Waals surface area contributed by atoms with E-state index < -0.39 is 9.05 Å². The van der Waals surface area contributed by atoms with Crippen LogP contribution in [0, 0.1) is 6.92 Å². The second kappa shape index (κ2) is 5.53. The Bertz CT molecular complexity index is 714. The smallest absolute Gasteiger partial charge is 0.261 e. The van der Waals surface area contributed by atoms with Crippen LogP contribution in [0.4, 0.5) is 0 Å². The number of hydrogen-bond donors (Lipinski definition) is 0. The Morgan fingerprint density at radius 2 is 1.84 bits per heavy atom. The molecule has 0 aliphatic rings. The maximum absolute atomic E-state index is 11.3. The Balaban J connectivity index is 2.34. The fourth-order valence-corrected chi connectivity index (χ4v) is 3.17. The molecule has 0 heterocycles. The predicted molar refractivity (Wildman–Crippen MR) is 78.4 cm³/mol. The van der Waals surface area contributed by atoms with Crippen LogP contribution in [0.25, 0.3) is 0 Å². The summed E-state index contributed by atoms with van der Waals surface area (Å²) in [6.07, 6.45) is 0. The van der Waals surface area contributed by atoms with Crippen molar-refractivity contribution in [3.05, 3.63) is 52.5 Å². The van der Waals surface area contributed by atoms with Crippen LogP contribution in [-0.2, 0) is 9.05 Å². The third kappa shape index (κ3) is 3.49. The minimum Gasteiger partial charge on any atom is -0.456 e. The molecule has 3 nitrogen and oxygen atoms in total. The molecule has 0 amide bonds. The molecule has 2 aromatic carbocycles. The summed E-state index contributed by atoms with van der Waals surface area (Å²) in [6.45, 7) is 1.67. The molecule has 2 rings (SSSR count). The maximum Gasteiger partial charge on any atom is 0.261 e. The number of halogens is 2. The molecule has 0 aliphatic heterocycles. The van der Waals surface area contributed by atoms with Crippen molar-refractivity contribution < 1.29 is 13.2 Å². The Labute approximate surface area is 124 Å². The number of ether oxygens (including phenoxy) is 1. The average molecular weight is 362 g/mol. The summed E-state index contributed by atoms with van der Waals surface area (Å²) >= 11 is 3.38. The maximum atomic E-state index is 11.3. The lowest BCUT2D eigenvalue weighted by Crippen LogP contribution is -1.95. The summed E-state index contributed by atoms with van der Waals surface area (Å²) in [4.78, 5) is 0.0913. The summed E-state index contributed by atoms with van der Waals surface area (Å²) in [7, 11) is 1.60. The van der Waals surface area contributed by atoms with Gasteiger partial charge in [0.25, 0.3) is 9.05 Å². The van der Waals surface area contributed by atoms with Gasteiger partial charge in [-0.05, 0) is 58.7 Å². The molecule has 0 unspecified atom stereocenters. The average Bonchev–Trinajstić information content (AvgIpc) is 2.30. The van der Waals surface area contributed by atoms with Gasteiger partial charge in [-0.25, -0.2) is 8.42 Å². The van der Waals surface area contributed by atoms with Crippen LogP contribution < -0.4 is 4.74 Å². The van der Waals surface area contributed by atoms with Crippen molar-refractivity contribution >= 4 is 35.7 Å². The van der Waals surface area contributed by atoms with E-state index in [9.17, 15) is 8.42 Å². The van der Waals surface area contributed by atoms with E-state index in [0.29, 0.717) is 17.1 Å². The summed E-state index contributed by atoms with van der Waals surface area (Å²) in [5, 5.41) is 0. The summed E-state index contributed by atoms with van der Waals surface area (Å²) in [5.74, 6) is 1.21. The van der Waals surface area contributed by atoms with E-state index in [-0.39, 0.29) is 4.90 Å². The third-order valence-electron chi connectivity index (χ3n) is 2.47. The quantitative estimate of drug-likeness (QED) is 0.757. The van der Waals surface area contributed by atoms with Crippen molar-refractivity contribution in [3.8, 4) is 11.5 Å². The van der Waals surface area contributed by atoms with Gasteiger partial charge in [-0.2, -0.15) is 0 Å². The van der Waals surface area contributed by atoms with E-state index in [2.05, 4.69) is 15.9 Å². The fraction of sp³-hybridized carbons (Fsp3) is 0.0769. The van der Waals surface area contributed by atoms with E-state index in [1.807, 2.05) is 24.3 Å². The summed E-state index contributed by atoms with van der Waals surface area (Å²) in [5.41, 5.74) is 0.541. The molecule has 2 aromatic rings. The van der Waals surface area contributed by atoms with Crippen molar-refractivity contribution in [1.82, 2.24) is 0 Å². The van der Waals surface area contributed by atoms with Crippen molar-refractivity contribution in [1.29, 1.82) is 0 Å². The molecule has 0 aromatic heterocycles. The van der Waals surface area contributed by atoms with Crippen LogP contribution in [0.5, 0.6) is 11.5 Å². The molecule has 0 N–H and O–H groups in total. The number of benzene rings is 2. The van der Waals surface area contributed by atoms with Crippen molar-refractivity contribution in [2.45, 2.75) is 11.8 Å². The molecule has 0 fully saturated rings. The van der Waals surface area contributed by atoms with Gasteiger partial charge in [0, 0.05) is 10.7 Å². The lowest BCUT2D eigenvalue weighted by Gasteiger charge is -2.09. The van der Waals surface area contributed by atoms with Gasteiger partial charge < -0.3 is 4.74 Å². The highest BCUT2D eigenvalue weighted by molar-refractivity contribution is 9.10. The molecule has 0 saturated carbocycles. The van der Waals surface area contributed by atoms with Gasteiger partial charge in [0.2, 0.25) is 0 Å². The molecular formula is C13H10BrClO3S. The van der Waals surface area contributed by atoms with Gasteiger partial charge in [-0.1, -0.05) is 12.1 Å². The van der Waals surface area contributed by atoms with Gasteiger partial charge >= 0.3 is 0 Å². The van der Waals surface area contributed by atoms with Crippen LogP contribution in [0.2, 0.25) is 0 Å². The van der Waals surface area contributed by atoms with Crippen LogP contribution >= 0.6 is 26.6 Å². The molecule has 0 aliphatic carbocycles. The van der Waals surface area contributed by atoms with Gasteiger partial charge in [-0.15, -0.1) is 0 Å². The number of aryl methyl sites for hydroxylation is 1. The lowest BCUT2D eigenvalue weighted by molar-refractivity contribution is 0.478. The van der Waals surface area contributed by atoms with E-state index in [4.69, 9.17) is 15.4 Å². The number of para-hydroxylation sites is 1. The minimum atomic E-state index is -3.72. The number of rotatable bonds is 3. The summed E-state index contributed by atoms with van der Waals surface area (Å²) < 4.78 is 29.1. The normalized spacial score (nSPS) is 11.3. The topological polar surface area (TPSA) is 43.4 Å². The molecule has 0 saturated heterocycles. The van der Waals surface area contributed by atoms with Crippen molar-refractivity contribution in [2.75, 3.05) is 0 Å². The van der Waals surface area contributed by atoms with E-state index >= 15 is 0 Å². The molecule has 0 bridgehead atoms. The second-order valence-corrected chi connectivity index (χ2v) is 7.29. The van der Waals surface area contributed by atoms with E-state index in [0.717, 1.165) is 4.47 Å². The zero-order valence-electron chi connectivity index (χ0n) is 9.93. The Morgan fingerprint density at radius 1 is 1.16 bits per heavy atom. The molecule has 19 heavy (non-hydrogen) atoms. The van der Waals surface area contributed by atoms with Crippen LogP contribution in [0.1, 0.15) is 5.56 Å². The first-order chi connectivity index (χ1) is 8.88. The largest absolute Gasteiger partial charge is 0.456 e. The second-order valence-electron chi connectivity index (χ2n) is 3.90. The standard InChI is InChI=1S/C13H10BrClO3S/c1-9-8-10(6-7-13(9)19(15,16)17)18-12-5-3-2-4-11(12)14/h2-8H,1H3. The Morgan fingerprint density at radius 3 is 2.42 bits per heavy atom. The van der Waals surface area contributed by atoms with Crippen LogP contribution in [0.15, 0.2) is 51.8 Å².